The average Bonchev–Trinajstić information content (AvgIpc) is 3.59. The minimum Gasteiger partial charge on any atom is -0.505 e. The van der Waals surface area contributed by atoms with Crippen LogP contribution in [-0.2, 0) is 15.9 Å². The number of pyridine rings is 1. The molecule has 3 aliphatic heterocycles. The number of carbonyl (C=O) groups excluding carboxylic acids is 1. The van der Waals surface area contributed by atoms with Gasteiger partial charge in [-0.25, -0.2) is 13.9 Å². The van der Waals surface area contributed by atoms with Gasteiger partial charge < -0.3 is 34.2 Å². The van der Waals surface area contributed by atoms with Gasteiger partial charge in [-0.05, 0) is 86.6 Å². The number of halogens is 1. The molecule has 3 aromatic heterocycles. The lowest BCUT2D eigenvalue weighted by atomic mass is 9.88. The molecule has 1 saturated carbocycles. The van der Waals surface area contributed by atoms with Gasteiger partial charge in [-0.15, -0.1) is 0 Å². The van der Waals surface area contributed by atoms with Gasteiger partial charge in [0.15, 0.2) is 12.0 Å². The first-order valence-electron chi connectivity index (χ1n) is 18.9. The molecule has 3 atom stereocenters. The van der Waals surface area contributed by atoms with Crippen LogP contribution in [0, 0.1) is 12.7 Å². The fourth-order valence-electron chi connectivity index (χ4n) is 8.52. The Morgan fingerprint density at radius 3 is 2.61 bits per heavy atom. The molecule has 2 bridgehead atoms. The molecule has 0 spiro atoms. The number of ether oxygens (including phenoxy) is 3. The quantitative estimate of drug-likeness (QED) is 0.155. The topological polar surface area (TPSA) is 148 Å². The summed E-state index contributed by atoms with van der Waals surface area (Å²) in [7, 11) is 0. The third-order valence-corrected chi connectivity index (χ3v) is 11.3. The molecular weight excluding hydrogens is 693 g/mol. The lowest BCUT2D eigenvalue weighted by Gasteiger charge is -2.36. The highest BCUT2D eigenvalue weighted by Gasteiger charge is 2.48. The Balaban J connectivity index is 1.21. The van der Waals surface area contributed by atoms with Gasteiger partial charge in [0, 0.05) is 67.7 Å². The number of hydrogen-bond donors (Lipinski definition) is 2. The van der Waals surface area contributed by atoms with Crippen molar-refractivity contribution in [2.24, 2.45) is 0 Å². The molecular formula is C40H44FN7O6. The number of aliphatic hydroxyl groups is 1. The Hall–Kier alpha value is -5.08. The summed E-state index contributed by atoms with van der Waals surface area (Å²) in [6.07, 6.45) is 10.2. The summed E-state index contributed by atoms with van der Waals surface area (Å²) in [6.45, 7) is 8.07. The van der Waals surface area contributed by atoms with Crippen LogP contribution in [-0.4, -0.2) is 83.5 Å². The molecule has 4 aliphatic rings. The molecule has 0 radical (unpaired) electrons. The van der Waals surface area contributed by atoms with Gasteiger partial charge in [-0.1, -0.05) is 6.92 Å². The molecule has 1 aliphatic carbocycles. The molecule has 5 aromatic rings. The van der Waals surface area contributed by atoms with E-state index in [1.165, 1.54) is 19.9 Å². The molecule has 1 unspecified atom stereocenters. The molecule has 1 amide bonds. The average molecular weight is 738 g/mol. The highest BCUT2D eigenvalue weighted by molar-refractivity contribution is 6.06. The van der Waals surface area contributed by atoms with Crippen molar-refractivity contribution in [1.29, 1.82) is 0 Å². The van der Waals surface area contributed by atoms with Crippen LogP contribution in [0.15, 0.2) is 36.8 Å². The van der Waals surface area contributed by atoms with Gasteiger partial charge in [0.05, 0.1) is 30.0 Å². The van der Waals surface area contributed by atoms with Crippen LogP contribution < -0.4 is 9.64 Å². The predicted molar refractivity (Wildman–Crippen MR) is 198 cm³/mol. The maximum absolute atomic E-state index is 16.1. The molecule has 6 heterocycles. The number of aromatic hydroxyl groups is 1. The van der Waals surface area contributed by atoms with Crippen molar-refractivity contribution in [3.63, 3.8) is 0 Å². The molecule has 14 heteroatoms. The maximum atomic E-state index is 16.1. The van der Waals surface area contributed by atoms with Crippen LogP contribution in [0.4, 0.5) is 15.0 Å². The number of nitrogens with zero attached hydrogens (tertiary/aromatic N) is 7. The lowest BCUT2D eigenvalue weighted by molar-refractivity contribution is -0.140. The number of piperazine rings is 1. The number of phenolic OH excluding ortho intramolecular Hbond substituents is 1. The third kappa shape index (κ3) is 5.95. The number of hydrogen-bond acceptors (Lipinski definition) is 11. The molecule has 2 aromatic carbocycles. The van der Waals surface area contributed by atoms with Crippen molar-refractivity contribution in [1.82, 2.24) is 29.6 Å². The second-order valence-corrected chi connectivity index (χ2v) is 15.5. The van der Waals surface area contributed by atoms with Gasteiger partial charge in [-0.3, -0.25) is 4.98 Å². The SMILES string of the molecule is CCc1ccncc1Oc1nc(N2C[C@@H]3C[C@H]2CN3C(=O)OC(C)(C)O)c2cc(C3CC3)c(-c3c(C)c(F)cc4c3cnn4C3CCCCO3)c(O)c2n1. The summed E-state index contributed by atoms with van der Waals surface area (Å²) in [5.74, 6) is -0.845. The number of likely N-dealkylation sites (tertiary alicyclic amines) is 1. The smallest absolute Gasteiger partial charge is 0.412 e. The van der Waals surface area contributed by atoms with Crippen molar-refractivity contribution in [3.8, 4) is 28.6 Å². The standard InChI is InChI=1S/C40H44FN7O6/c1-5-22-11-12-42-18-31(22)53-38-44-35-27(37(45-38)46-19-25-14-24(46)20-47(25)39(50)54-40(3,4)51)15-26(23-9-10-23)34(36(35)49)33-21(2)29(41)16-30-28(33)17-43-48(30)32-8-6-7-13-52-32/h11-12,15-18,23-25,32,49,51H,5-10,13-14,19-20H2,1-4H3/t24-,25-,32?/m0/s1. The number of anilines is 1. The highest BCUT2D eigenvalue weighted by Crippen LogP contribution is 2.53. The van der Waals surface area contributed by atoms with Crippen LogP contribution in [0.2, 0.25) is 0 Å². The Morgan fingerprint density at radius 1 is 1.07 bits per heavy atom. The van der Waals surface area contributed by atoms with Crippen molar-refractivity contribution in [2.75, 3.05) is 24.6 Å². The van der Waals surface area contributed by atoms with Crippen LogP contribution in [0.3, 0.4) is 0 Å². The van der Waals surface area contributed by atoms with Gasteiger partial charge >= 0.3 is 12.1 Å². The maximum Gasteiger partial charge on any atom is 0.412 e. The zero-order valence-corrected chi connectivity index (χ0v) is 30.9. The van der Waals surface area contributed by atoms with Gasteiger partial charge in [-0.2, -0.15) is 15.1 Å². The fourth-order valence-corrected chi connectivity index (χ4v) is 8.52. The van der Waals surface area contributed by atoms with E-state index < -0.39 is 17.7 Å². The van der Waals surface area contributed by atoms with Crippen molar-refractivity contribution in [2.45, 2.75) is 103 Å². The zero-order valence-electron chi connectivity index (χ0n) is 30.9. The van der Waals surface area contributed by atoms with E-state index in [1.807, 2.05) is 13.0 Å². The first-order valence-corrected chi connectivity index (χ1v) is 18.9. The minimum atomic E-state index is -1.60. The summed E-state index contributed by atoms with van der Waals surface area (Å²) in [5, 5.41) is 28.8. The second-order valence-electron chi connectivity index (χ2n) is 15.5. The van der Waals surface area contributed by atoms with E-state index in [1.54, 1.807) is 35.1 Å². The van der Waals surface area contributed by atoms with Gasteiger partial charge in [0.2, 0.25) is 5.79 Å². The van der Waals surface area contributed by atoms with Crippen LogP contribution in [0.1, 0.15) is 88.1 Å². The van der Waals surface area contributed by atoms with Crippen molar-refractivity contribution >= 4 is 33.7 Å². The Bertz CT molecular complexity index is 2300. The molecule has 54 heavy (non-hydrogen) atoms. The largest absolute Gasteiger partial charge is 0.505 e. The Labute approximate surface area is 311 Å². The zero-order chi connectivity index (χ0) is 37.5. The third-order valence-electron chi connectivity index (χ3n) is 11.3. The van der Waals surface area contributed by atoms with Crippen LogP contribution in [0.5, 0.6) is 17.5 Å². The van der Waals surface area contributed by atoms with E-state index in [9.17, 15) is 15.0 Å². The normalized spacial score (nSPS) is 21.4. The van der Waals surface area contributed by atoms with E-state index in [-0.39, 0.29) is 41.5 Å². The number of carbonyl (C=O) groups is 1. The van der Waals surface area contributed by atoms with E-state index in [2.05, 4.69) is 16.0 Å². The van der Waals surface area contributed by atoms with E-state index in [4.69, 9.17) is 29.3 Å². The first-order chi connectivity index (χ1) is 26.0. The highest BCUT2D eigenvalue weighted by atomic mass is 19.1. The summed E-state index contributed by atoms with van der Waals surface area (Å²) in [4.78, 5) is 30.9. The molecule has 3 saturated heterocycles. The molecule has 282 valence electrons. The number of phenols is 1. The Morgan fingerprint density at radius 2 is 1.91 bits per heavy atom. The number of fused-ring (bicyclic) bond motifs is 4. The number of rotatable bonds is 8. The van der Waals surface area contributed by atoms with Crippen LogP contribution in [0.25, 0.3) is 32.9 Å². The monoisotopic (exact) mass is 737 g/mol. The van der Waals surface area contributed by atoms with E-state index in [0.29, 0.717) is 71.7 Å². The fraction of sp³-hybridized carbons (Fsp3) is 0.475. The number of amides is 1. The van der Waals surface area contributed by atoms with E-state index >= 15 is 4.39 Å². The summed E-state index contributed by atoms with van der Waals surface area (Å²) in [5.41, 5.74) is 4.23. The molecule has 9 rings (SSSR count). The second kappa shape index (κ2) is 13.0. The van der Waals surface area contributed by atoms with Crippen molar-refractivity contribution in [3.05, 3.63) is 59.3 Å². The van der Waals surface area contributed by atoms with E-state index in [0.717, 1.165) is 48.6 Å². The van der Waals surface area contributed by atoms with Crippen molar-refractivity contribution < 1.29 is 33.6 Å². The Kier molecular flexibility index (Phi) is 8.38. The van der Waals surface area contributed by atoms with Gasteiger partial charge in [0.1, 0.15) is 22.9 Å². The molecule has 13 nitrogen and oxygen atoms in total. The summed E-state index contributed by atoms with van der Waals surface area (Å²) < 4.78 is 35.5. The van der Waals surface area contributed by atoms with Gasteiger partial charge in [0.25, 0.3) is 0 Å². The number of aryl methyl sites for hydroxylation is 1. The number of benzene rings is 2. The molecule has 2 N–H and O–H groups in total. The van der Waals surface area contributed by atoms with Crippen LogP contribution >= 0.6 is 0 Å². The predicted octanol–water partition coefficient (Wildman–Crippen LogP) is 7.25. The minimum absolute atomic E-state index is 0.0325. The first kappa shape index (κ1) is 34.7. The number of aromatic nitrogens is 5. The lowest BCUT2D eigenvalue weighted by Crippen LogP contribution is -2.50. The molecule has 4 fully saturated rings. The summed E-state index contributed by atoms with van der Waals surface area (Å²) in [6, 6.07) is 5.20. The summed E-state index contributed by atoms with van der Waals surface area (Å²) >= 11 is 0.